The summed E-state index contributed by atoms with van der Waals surface area (Å²) in [5.41, 5.74) is 2.61. The van der Waals surface area contributed by atoms with Crippen LogP contribution in [0.5, 0.6) is 0 Å². The number of piperazine rings is 1. The smallest absolute Gasteiger partial charge is 0.103 e. The van der Waals surface area contributed by atoms with E-state index in [1.54, 1.807) is 0 Å². The van der Waals surface area contributed by atoms with Crippen molar-refractivity contribution in [3.8, 4) is 12.3 Å². The molecule has 1 aliphatic heterocycles. The summed E-state index contributed by atoms with van der Waals surface area (Å²) in [4.78, 5) is 6.23. The Hall–Kier alpha value is -1.89. The van der Waals surface area contributed by atoms with Crippen LogP contribution >= 0.6 is 11.8 Å². The van der Waals surface area contributed by atoms with Gasteiger partial charge in [0.1, 0.15) is 6.04 Å². The molecule has 1 atom stereocenters. The van der Waals surface area contributed by atoms with E-state index >= 15 is 0 Å². The molecule has 0 spiro atoms. The van der Waals surface area contributed by atoms with Gasteiger partial charge in [0.15, 0.2) is 0 Å². The van der Waals surface area contributed by atoms with Gasteiger partial charge in [-0.15, -0.1) is 18.2 Å². The second-order valence-corrected chi connectivity index (χ2v) is 8.28. The van der Waals surface area contributed by atoms with Crippen LogP contribution in [0.15, 0.2) is 59.5 Å². The maximum atomic E-state index is 5.87. The molecular weight excluding hydrogens is 324 g/mol. The van der Waals surface area contributed by atoms with Crippen LogP contribution in [-0.2, 0) is 6.54 Å². The van der Waals surface area contributed by atoms with Crippen LogP contribution in [0, 0.1) is 12.3 Å². The Morgan fingerprint density at radius 2 is 1.76 bits per heavy atom. The fraction of sp³-hybridized carbons (Fsp3) is 0.364. The van der Waals surface area contributed by atoms with Crippen LogP contribution in [0.3, 0.4) is 0 Å². The van der Waals surface area contributed by atoms with Crippen LogP contribution in [-0.4, -0.2) is 35.8 Å². The maximum Gasteiger partial charge on any atom is 0.103 e. The lowest BCUT2D eigenvalue weighted by molar-refractivity contribution is 0.232. The number of hydrogen-bond acceptors (Lipinski definition) is 3. The van der Waals surface area contributed by atoms with E-state index in [4.69, 9.17) is 6.42 Å². The minimum atomic E-state index is 0.138. The molecule has 0 N–H and O–H groups in total. The van der Waals surface area contributed by atoms with Crippen LogP contribution in [0.2, 0.25) is 0 Å². The molecule has 1 saturated carbocycles. The number of anilines is 1. The predicted octanol–water partition coefficient (Wildman–Crippen LogP) is 4.27. The lowest BCUT2D eigenvalue weighted by Gasteiger charge is -2.40. The molecule has 25 heavy (non-hydrogen) atoms. The Bertz CT molecular complexity index is 731. The number of terminal acetylenes is 1. The van der Waals surface area contributed by atoms with Crippen molar-refractivity contribution in [2.75, 3.05) is 24.5 Å². The summed E-state index contributed by atoms with van der Waals surface area (Å²) >= 11 is 2.01. The molecule has 0 bridgehead atoms. The average molecular weight is 349 g/mol. The van der Waals surface area contributed by atoms with Gasteiger partial charge in [-0.2, -0.15) is 0 Å². The van der Waals surface area contributed by atoms with Gasteiger partial charge in [0, 0.05) is 42.0 Å². The van der Waals surface area contributed by atoms with Gasteiger partial charge >= 0.3 is 0 Å². The summed E-state index contributed by atoms with van der Waals surface area (Å²) in [6.07, 6.45) is 8.61. The third-order valence-corrected chi connectivity index (χ3v) is 6.25. The molecule has 128 valence electrons. The number of benzene rings is 2. The average Bonchev–Trinajstić information content (AvgIpc) is 3.47. The van der Waals surface area contributed by atoms with E-state index in [1.165, 1.54) is 29.0 Å². The Kier molecular flexibility index (Phi) is 5.01. The molecule has 1 heterocycles. The summed E-state index contributed by atoms with van der Waals surface area (Å²) in [7, 11) is 0. The first kappa shape index (κ1) is 16.6. The SMILES string of the molecule is C#CC1CN(Cc2ccccc2)CCN1c1ccc(SC2CC2)cc1. The van der Waals surface area contributed by atoms with Crippen LogP contribution in [0.1, 0.15) is 18.4 Å². The molecule has 4 rings (SSSR count). The summed E-state index contributed by atoms with van der Waals surface area (Å²) in [6.45, 7) is 3.93. The van der Waals surface area contributed by atoms with Crippen molar-refractivity contribution in [2.24, 2.45) is 0 Å². The highest BCUT2D eigenvalue weighted by Crippen LogP contribution is 2.39. The Labute approximate surface area is 155 Å². The van der Waals surface area contributed by atoms with Crippen LogP contribution < -0.4 is 4.90 Å². The lowest BCUT2D eigenvalue weighted by atomic mass is 10.1. The van der Waals surface area contributed by atoms with E-state index in [9.17, 15) is 0 Å². The zero-order valence-corrected chi connectivity index (χ0v) is 15.3. The minimum absolute atomic E-state index is 0.138. The molecule has 2 aromatic rings. The molecule has 1 aliphatic carbocycles. The molecule has 0 radical (unpaired) electrons. The van der Waals surface area contributed by atoms with E-state index in [1.807, 2.05) is 11.8 Å². The molecule has 0 aromatic heterocycles. The molecular formula is C22H24N2S. The van der Waals surface area contributed by atoms with Crippen molar-refractivity contribution in [1.82, 2.24) is 4.90 Å². The van der Waals surface area contributed by atoms with Gasteiger partial charge in [-0.1, -0.05) is 36.3 Å². The van der Waals surface area contributed by atoms with Gasteiger partial charge in [-0.05, 0) is 42.7 Å². The maximum absolute atomic E-state index is 5.87. The standard InChI is InChI=1S/C22H24N2S/c1-2-19-17-23(16-18-6-4-3-5-7-18)14-15-24(19)20-8-10-21(11-9-20)25-22-12-13-22/h1,3-11,19,22H,12-17H2. The van der Waals surface area contributed by atoms with E-state index in [0.717, 1.165) is 31.4 Å². The van der Waals surface area contributed by atoms with Crippen LogP contribution in [0.25, 0.3) is 0 Å². The Morgan fingerprint density at radius 1 is 1.00 bits per heavy atom. The second kappa shape index (κ2) is 7.56. The highest BCUT2D eigenvalue weighted by molar-refractivity contribution is 8.00. The topological polar surface area (TPSA) is 6.48 Å². The normalized spacial score (nSPS) is 21.1. The number of nitrogens with zero attached hydrogens (tertiary/aromatic N) is 2. The third kappa shape index (κ3) is 4.21. The van der Waals surface area contributed by atoms with E-state index in [2.05, 4.69) is 70.3 Å². The number of thioether (sulfide) groups is 1. The van der Waals surface area contributed by atoms with E-state index in [-0.39, 0.29) is 6.04 Å². The lowest BCUT2D eigenvalue weighted by Crippen LogP contribution is -2.52. The Morgan fingerprint density at radius 3 is 2.44 bits per heavy atom. The van der Waals surface area contributed by atoms with E-state index in [0.29, 0.717) is 0 Å². The molecule has 2 fully saturated rings. The largest absolute Gasteiger partial charge is 0.355 e. The summed E-state index contributed by atoms with van der Waals surface area (Å²) < 4.78 is 0. The third-order valence-electron chi connectivity index (χ3n) is 4.90. The minimum Gasteiger partial charge on any atom is -0.355 e. The molecule has 1 unspecified atom stereocenters. The summed E-state index contributed by atoms with van der Waals surface area (Å²) in [5.74, 6) is 3.00. The van der Waals surface area contributed by atoms with Crippen LogP contribution in [0.4, 0.5) is 5.69 Å². The van der Waals surface area contributed by atoms with Crippen molar-refractivity contribution in [1.29, 1.82) is 0 Å². The van der Waals surface area contributed by atoms with Gasteiger partial charge in [0.25, 0.3) is 0 Å². The first-order valence-corrected chi connectivity index (χ1v) is 9.95. The second-order valence-electron chi connectivity index (χ2n) is 6.91. The highest BCUT2D eigenvalue weighted by Gasteiger charge is 2.26. The molecule has 2 aliphatic rings. The summed E-state index contributed by atoms with van der Waals surface area (Å²) in [5, 5.41) is 0.853. The van der Waals surface area contributed by atoms with Gasteiger partial charge in [-0.3, -0.25) is 4.90 Å². The Balaban J connectivity index is 1.40. The van der Waals surface area contributed by atoms with Crippen molar-refractivity contribution >= 4 is 17.4 Å². The highest BCUT2D eigenvalue weighted by atomic mass is 32.2. The number of hydrogen-bond donors (Lipinski definition) is 0. The monoisotopic (exact) mass is 348 g/mol. The molecule has 0 amide bonds. The van der Waals surface area contributed by atoms with Gasteiger partial charge in [0.2, 0.25) is 0 Å². The quantitative estimate of drug-likeness (QED) is 0.745. The van der Waals surface area contributed by atoms with Gasteiger partial charge in [0.05, 0.1) is 0 Å². The van der Waals surface area contributed by atoms with Crippen molar-refractivity contribution in [3.05, 3.63) is 60.2 Å². The summed E-state index contributed by atoms with van der Waals surface area (Å²) in [6, 6.07) is 19.8. The van der Waals surface area contributed by atoms with Crippen molar-refractivity contribution < 1.29 is 0 Å². The predicted molar refractivity (Wildman–Crippen MR) is 107 cm³/mol. The fourth-order valence-corrected chi connectivity index (χ4v) is 4.42. The molecule has 2 aromatic carbocycles. The molecule has 3 heteroatoms. The zero-order valence-electron chi connectivity index (χ0n) is 14.5. The molecule has 1 saturated heterocycles. The zero-order chi connectivity index (χ0) is 17.1. The van der Waals surface area contributed by atoms with Crippen molar-refractivity contribution in [3.63, 3.8) is 0 Å². The van der Waals surface area contributed by atoms with Gasteiger partial charge < -0.3 is 4.90 Å². The first-order chi connectivity index (χ1) is 12.3. The number of rotatable bonds is 5. The fourth-order valence-electron chi connectivity index (χ4n) is 3.37. The first-order valence-electron chi connectivity index (χ1n) is 9.07. The van der Waals surface area contributed by atoms with E-state index < -0.39 is 0 Å². The van der Waals surface area contributed by atoms with Gasteiger partial charge in [-0.25, -0.2) is 0 Å². The van der Waals surface area contributed by atoms with Crippen molar-refractivity contribution in [2.45, 2.75) is 35.6 Å². The molecule has 2 nitrogen and oxygen atoms in total.